The van der Waals surface area contributed by atoms with Crippen molar-refractivity contribution in [1.29, 1.82) is 0 Å². The summed E-state index contributed by atoms with van der Waals surface area (Å²) >= 11 is 2.96. The molecular formula is C20H19N3O4S2. The van der Waals surface area contributed by atoms with Crippen molar-refractivity contribution >= 4 is 40.6 Å². The Kier molecular flexibility index (Phi) is 6.73. The Labute approximate surface area is 175 Å². The number of nitrogens with zero attached hydrogens (tertiary/aromatic N) is 1. The van der Waals surface area contributed by atoms with Gasteiger partial charge in [-0.3, -0.25) is 14.9 Å². The second kappa shape index (κ2) is 9.44. The third-order valence-corrected chi connectivity index (χ3v) is 5.90. The number of urea groups is 1. The Balaban J connectivity index is 1.77. The number of hydrogen-bond acceptors (Lipinski definition) is 7. The molecule has 0 aliphatic heterocycles. The van der Waals surface area contributed by atoms with Crippen molar-refractivity contribution < 1.29 is 19.1 Å². The van der Waals surface area contributed by atoms with E-state index in [9.17, 15) is 14.4 Å². The van der Waals surface area contributed by atoms with Gasteiger partial charge in [0.05, 0.1) is 17.0 Å². The normalized spacial score (nSPS) is 11.5. The lowest BCUT2D eigenvalue weighted by atomic mass is 10.2. The summed E-state index contributed by atoms with van der Waals surface area (Å²) in [4.78, 5) is 42.0. The Morgan fingerprint density at radius 2 is 1.90 bits per heavy atom. The molecular weight excluding hydrogens is 410 g/mol. The Morgan fingerprint density at radius 3 is 2.55 bits per heavy atom. The summed E-state index contributed by atoms with van der Waals surface area (Å²) in [5.74, 6) is -1.25. The number of nitrogens with one attached hydrogen (secondary N) is 2. The lowest BCUT2D eigenvalue weighted by Gasteiger charge is -2.12. The molecule has 0 bridgehead atoms. The van der Waals surface area contributed by atoms with Crippen LogP contribution in [-0.4, -0.2) is 36.0 Å². The van der Waals surface area contributed by atoms with Gasteiger partial charge in [-0.1, -0.05) is 36.4 Å². The van der Waals surface area contributed by atoms with Crippen LogP contribution in [0.2, 0.25) is 0 Å². The van der Waals surface area contributed by atoms with Crippen molar-refractivity contribution in [3.8, 4) is 21.1 Å². The second-order valence-electron chi connectivity index (χ2n) is 6.01. The van der Waals surface area contributed by atoms with Crippen molar-refractivity contribution in [3.05, 3.63) is 52.7 Å². The first-order chi connectivity index (χ1) is 14.0. The molecule has 9 heteroatoms. The van der Waals surface area contributed by atoms with Gasteiger partial charge in [0.15, 0.2) is 6.10 Å². The predicted octanol–water partition coefficient (Wildman–Crippen LogP) is 3.47. The van der Waals surface area contributed by atoms with Crippen molar-refractivity contribution in [2.75, 3.05) is 7.05 Å². The molecule has 2 heterocycles. The van der Waals surface area contributed by atoms with Gasteiger partial charge in [-0.25, -0.2) is 9.78 Å². The minimum absolute atomic E-state index is 0.0185. The van der Waals surface area contributed by atoms with Gasteiger partial charge in [-0.15, -0.1) is 22.7 Å². The summed E-state index contributed by atoms with van der Waals surface area (Å²) < 4.78 is 5.20. The standard InChI is InChI=1S/C20H19N3O4S2/c1-12(18(25)23-20(26)21-2)27-16(24)11-15-17(14-9-6-10-28-14)22-19(29-15)13-7-4-3-5-8-13/h3-10,12H,11H2,1-2H3,(H2,21,23,25,26). The van der Waals surface area contributed by atoms with E-state index in [1.165, 1.54) is 36.6 Å². The third-order valence-electron chi connectivity index (χ3n) is 3.92. The van der Waals surface area contributed by atoms with E-state index in [0.717, 1.165) is 26.0 Å². The lowest BCUT2D eigenvalue weighted by molar-refractivity contribution is -0.153. The number of thiazole rings is 1. The maximum atomic E-state index is 12.4. The van der Waals surface area contributed by atoms with Crippen LogP contribution in [0.1, 0.15) is 11.8 Å². The van der Waals surface area contributed by atoms with Crippen molar-refractivity contribution in [1.82, 2.24) is 15.6 Å². The number of aromatic nitrogens is 1. The summed E-state index contributed by atoms with van der Waals surface area (Å²) in [5, 5.41) is 7.11. The van der Waals surface area contributed by atoms with E-state index >= 15 is 0 Å². The van der Waals surface area contributed by atoms with Gasteiger partial charge in [-0.05, 0) is 18.4 Å². The molecule has 0 saturated heterocycles. The van der Waals surface area contributed by atoms with Gasteiger partial charge in [0.25, 0.3) is 5.91 Å². The zero-order chi connectivity index (χ0) is 20.8. The lowest BCUT2D eigenvalue weighted by Crippen LogP contribution is -2.43. The zero-order valence-corrected chi connectivity index (χ0v) is 17.4. The van der Waals surface area contributed by atoms with Gasteiger partial charge in [0.1, 0.15) is 5.01 Å². The molecule has 0 fully saturated rings. The Hall–Kier alpha value is -3.04. The van der Waals surface area contributed by atoms with Gasteiger partial charge in [-0.2, -0.15) is 0 Å². The molecule has 0 aliphatic rings. The fourth-order valence-electron chi connectivity index (χ4n) is 2.48. The van der Waals surface area contributed by atoms with E-state index < -0.39 is 24.0 Å². The summed E-state index contributed by atoms with van der Waals surface area (Å²) in [6.07, 6.45) is -1.11. The monoisotopic (exact) mass is 429 g/mol. The van der Waals surface area contributed by atoms with Crippen LogP contribution in [0.4, 0.5) is 4.79 Å². The van der Waals surface area contributed by atoms with Gasteiger partial charge >= 0.3 is 12.0 Å². The smallest absolute Gasteiger partial charge is 0.321 e. The third kappa shape index (κ3) is 5.27. The molecule has 1 aromatic carbocycles. The molecule has 3 aromatic rings. The van der Waals surface area contributed by atoms with Gasteiger partial charge in [0, 0.05) is 17.5 Å². The summed E-state index contributed by atoms with van der Waals surface area (Å²) in [6.45, 7) is 1.42. The van der Waals surface area contributed by atoms with E-state index in [0.29, 0.717) is 0 Å². The van der Waals surface area contributed by atoms with Crippen LogP contribution in [0.3, 0.4) is 0 Å². The minimum Gasteiger partial charge on any atom is -0.452 e. The number of amides is 3. The van der Waals surface area contributed by atoms with E-state index in [-0.39, 0.29) is 6.42 Å². The molecule has 2 N–H and O–H groups in total. The highest BCUT2D eigenvalue weighted by molar-refractivity contribution is 7.17. The number of thiophene rings is 1. The van der Waals surface area contributed by atoms with E-state index in [1.54, 1.807) is 0 Å². The molecule has 0 radical (unpaired) electrons. The molecule has 2 aromatic heterocycles. The molecule has 0 saturated carbocycles. The van der Waals surface area contributed by atoms with E-state index in [1.807, 2.05) is 47.8 Å². The molecule has 150 valence electrons. The number of carbonyl (C=O) groups excluding carboxylic acids is 3. The molecule has 1 unspecified atom stereocenters. The summed E-state index contributed by atoms with van der Waals surface area (Å²) in [7, 11) is 1.39. The number of carbonyl (C=O) groups is 3. The molecule has 0 spiro atoms. The predicted molar refractivity (Wildman–Crippen MR) is 113 cm³/mol. The van der Waals surface area contributed by atoms with Crippen LogP contribution >= 0.6 is 22.7 Å². The quantitative estimate of drug-likeness (QED) is 0.585. The van der Waals surface area contributed by atoms with Crippen LogP contribution in [0.25, 0.3) is 21.1 Å². The summed E-state index contributed by atoms with van der Waals surface area (Å²) in [6, 6.07) is 12.9. The number of imide groups is 1. The highest BCUT2D eigenvalue weighted by Gasteiger charge is 2.23. The van der Waals surface area contributed by atoms with E-state index in [4.69, 9.17) is 9.72 Å². The first-order valence-electron chi connectivity index (χ1n) is 8.79. The highest BCUT2D eigenvalue weighted by atomic mass is 32.1. The molecule has 3 amide bonds. The zero-order valence-electron chi connectivity index (χ0n) is 15.8. The van der Waals surface area contributed by atoms with Crippen LogP contribution in [0.15, 0.2) is 47.8 Å². The average molecular weight is 430 g/mol. The van der Waals surface area contributed by atoms with E-state index in [2.05, 4.69) is 10.6 Å². The minimum atomic E-state index is -1.09. The van der Waals surface area contributed by atoms with Crippen LogP contribution in [0.5, 0.6) is 0 Å². The highest BCUT2D eigenvalue weighted by Crippen LogP contribution is 2.36. The molecule has 0 aliphatic carbocycles. The van der Waals surface area contributed by atoms with Crippen molar-refractivity contribution in [2.45, 2.75) is 19.4 Å². The Bertz CT molecular complexity index is 1000. The molecule has 29 heavy (non-hydrogen) atoms. The van der Waals surface area contributed by atoms with Crippen molar-refractivity contribution in [3.63, 3.8) is 0 Å². The topological polar surface area (TPSA) is 97.4 Å². The second-order valence-corrected chi connectivity index (χ2v) is 8.04. The number of hydrogen-bond donors (Lipinski definition) is 2. The van der Waals surface area contributed by atoms with Crippen LogP contribution in [-0.2, 0) is 20.7 Å². The van der Waals surface area contributed by atoms with Crippen molar-refractivity contribution in [2.24, 2.45) is 0 Å². The number of ether oxygens (including phenoxy) is 1. The SMILES string of the molecule is CNC(=O)NC(=O)C(C)OC(=O)Cc1sc(-c2ccccc2)nc1-c1cccs1. The largest absolute Gasteiger partial charge is 0.452 e. The number of benzene rings is 1. The first kappa shape index (κ1) is 20.7. The van der Waals surface area contributed by atoms with Gasteiger partial charge in [0.2, 0.25) is 0 Å². The van der Waals surface area contributed by atoms with Gasteiger partial charge < -0.3 is 10.1 Å². The Morgan fingerprint density at radius 1 is 1.14 bits per heavy atom. The van der Waals surface area contributed by atoms with Crippen LogP contribution in [0, 0.1) is 0 Å². The molecule has 7 nitrogen and oxygen atoms in total. The number of rotatable bonds is 6. The molecule has 3 rings (SSSR count). The summed E-state index contributed by atoms with van der Waals surface area (Å²) in [5.41, 5.74) is 1.71. The maximum absolute atomic E-state index is 12.4. The average Bonchev–Trinajstić information content (AvgIpc) is 3.38. The number of esters is 1. The van der Waals surface area contributed by atoms with Crippen LogP contribution < -0.4 is 10.6 Å². The fourth-order valence-corrected chi connectivity index (χ4v) is 4.35. The maximum Gasteiger partial charge on any atom is 0.321 e. The fraction of sp³-hybridized carbons (Fsp3) is 0.200. The molecule has 1 atom stereocenters. The first-order valence-corrected chi connectivity index (χ1v) is 10.5.